The molecule has 0 aliphatic rings. The Labute approximate surface area is 104 Å². The lowest BCUT2D eigenvalue weighted by Gasteiger charge is -2.11. The summed E-state index contributed by atoms with van der Waals surface area (Å²) < 4.78 is 37.2. The van der Waals surface area contributed by atoms with Crippen molar-refractivity contribution < 1.29 is 13.2 Å². The lowest BCUT2D eigenvalue weighted by Crippen LogP contribution is -2.34. The highest BCUT2D eigenvalue weighted by Gasteiger charge is 2.25. The molecule has 0 atom stereocenters. The summed E-state index contributed by atoms with van der Waals surface area (Å²) in [6.07, 6.45) is -2.87. The van der Waals surface area contributed by atoms with Crippen LogP contribution in [0.15, 0.2) is 15.5 Å². The van der Waals surface area contributed by atoms with Crippen LogP contribution in [0, 0.1) is 6.92 Å². The summed E-state index contributed by atoms with van der Waals surface area (Å²) in [5.74, 6) is 0.465. The van der Waals surface area contributed by atoms with Gasteiger partial charge in [0.2, 0.25) is 0 Å². The molecule has 0 fully saturated rings. The van der Waals surface area contributed by atoms with Gasteiger partial charge in [-0.1, -0.05) is 0 Å². The van der Waals surface area contributed by atoms with Crippen molar-refractivity contribution in [2.24, 2.45) is 0 Å². The summed E-state index contributed by atoms with van der Waals surface area (Å²) in [7, 11) is 0. The zero-order valence-corrected chi connectivity index (χ0v) is 10.6. The number of hydrogen-bond donors (Lipinski definition) is 1. The van der Waals surface area contributed by atoms with Crippen molar-refractivity contribution in [1.29, 1.82) is 0 Å². The molecule has 17 heavy (non-hydrogen) atoms. The third-order valence-corrected chi connectivity index (χ3v) is 2.59. The molecule has 0 aliphatic heterocycles. The third kappa shape index (κ3) is 4.47. The standard InChI is InChI=1S/C9H11BrF3N3O/c1-6-15-4-7(10)8(17)16(6)3-2-14-5-9(11,12)13/h4,14H,2-3,5H2,1H3. The Morgan fingerprint density at radius 1 is 1.53 bits per heavy atom. The molecule has 1 aromatic heterocycles. The second-order valence-corrected chi connectivity index (χ2v) is 4.26. The predicted molar refractivity (Wildman–Crippen MR) is 59.9 cm³/mol. The van der Waals surface area contributed by atoms with Crippen LogP contribution in [0.4, 0.5) is 13.2 Å². The van der Waals surface area contributed by atoms with E-state index < -0.39 is 12.7 Å². The minimum Gasteiger partial charge on any atom is -0.307 e. The van der Waals surface area contributed by atoms with Crippen LogP contribution in [0.2, 0.25) is 0 Å². The molecule has 8 heteroatoms. The van der Waals surface area contributed by atoms with Crippen LogP contribution in [0.25, 0.3) is 0 Å². The molecule has 96 valence electrons. The molecular weight excluding hydrogens is 303 g/mol. The smallest absolute Gasteiger partial charge is 0.307 e. The van der Waals surface area contributed by atoms with E-state index in [1.54, 1.807) is 6.92 Å². The number of aromatic nitrogens is 2. The maximum atomic E-state index is 11.9. The molecular formula is C9H11BrF3N3O. The molecule has 0 radical (unpaired) electrons. The quantitative estimate of drug-likeness (QED) is 0.856. The van der Waals surface area contributed by atoms with Crippen LogP contribution in [0.1, 0.15) is 5.82 Å². The topological polar surface area (TPSA) is 46.9 Å². The monoisotopic (exact) mass is 313 g/mol. The Morgan fingerprint density at radius 2 is 2.18 bits per heavy atom. The first kappa shape index (κ1) is 14.2. The molecule has 0 saturated heterocycles. The highest BCUT2D eigenvalue weighted by atomic mass is 79.9. The number of aryl methyl sites for hydroxylation is 1. The molecule has 0 bridgehead atoms. The second kappa shape index (κ2) is 5.63. The van der Waals surface area contributed by atoms with Gasteiger partial charge in [-0.15, -0.1) is 0 Å². The van der Waals surface area contributed by atoms with E-state index in [-0.39, 0.29) is 18.6 Å². The van der Waals surface area contributed by atoms with Gasteiger partial charge >= 0.3 is 6.18 Å². The average molecular weight is 314 g/mol. The minimum atomic E-state index is -4.24. The van der Waals surface area contributed by atoms with E-state index >= 15 is 0 Å². The molecule has 0 amide bonds. The van der Waals surface area contributed by atoms with Crippen LogP contribution in [0.3, 0.4) is 0 Å². The molecule has 0 aliphatic carbocycles. The summed E-state index contributed by atoms with van der Waals surface area (Å²) in [6.45, 7) is 0.755. The highest BCUT2D eigenvalue weighted by molar-refractivity contribution is 9.10. The SMILES string of the molecule is Cc1ncc(Br)c(=O)n1CCNCC(F)(F)F. The van der Waals surface area contributed by atoms with Gasteiger partial charge in [-0.05, 0) is 22.9 Å². The predicted octanol–water partition coefficient (Wildman–Crippen LogP) is 1.47. The van der Waals surface area contributed by atoms with E-state index in [4.69, 9.17) is 0 Å². The molecule has 1 rings (SSSR count). The molecule has 1 N–H and O–H groups in total. The normalized spacial score (nSPS) is 11.8. The largest absolute Gasteiger partial charge is 0.401 e. The Bertz CT molecular complexity index is 444. The van der Waals surface area contributed by atoms with Crippen LogP contribution in [-0.2, 0) is 6.54 Å². The zero-order chi connectivity index (χ0) is 13.1. The summed E-state index contributed by atoms with van der Waals surface area (Å²) in [6, 6.07) is 0. The lowest BCUT2D eigenvalue weighted by atomic mass is 10.5. The minimum absolute atomic E-state index is 0.0540. The number of alkyl halides is 3. The van der Waals surface area contributed by atoms with E-state index in [0.717, 1.165) is 0 Å². The first-order chi connectivity index (χ1) is 7.81. The van der Waals surface area contributed by atoms with Gasteiger partial charge in [0.1, 0.15) is 10.3 Å². The van der Waals surface area contributed by atoms with Gasteiger partial charge in [0, 0.05) is 19.3 Å². The van der Waals surface area contributed by atoms with Crippen LogP contribution in [0.5, 0.6) is 0 Å². The molecule has 1 heterocycles. The number of nitrogens with zero attached hydrogens (tertiary/aromatic N) is 2. The van der Waals surface area contributed by atoms with Crippen LogP contribution >= 0.6 is 15.9 Å². The van der Waals surface area contributed by atoms with E-state index in [9.17, 15) is 18.0 Å². The number of hydrogen-bond acceptors (Lipinski definition) is 3. The van der Waals surface area contributed by atoms with Crippen molar-refractivity contribution in [3.8, 4) is 0 Å². The van der Waals surface area contributed by atoms with Gasteiger partial charge in [0.25, 0.3) is 5.56 Å². The van der Waals surface area contributed by atoms with Crippen molar-refractivity contribution in [2.75, 3.05) is 13.1 Å². The Kier molecular flexibility index (Phi) is 4.70. The molecule has 0 spiro atoms. The van der Waals surface area contributed by atoms with E-state index in [2.05, 4.69) is 26.2 Å². The first-order valence-corrected chi connectivity index (χ1v) is 5.60. The van der Waals surface area contributed by atoms with E-state index in [1.807, 2.05) is 0 Å². The number of halogens is 4. The number of rotatable bonds is 4. The first-order valence-electron chi connectivity index (χ1n) is 4.80. The molecule has 0 saturated carbocycles. The Morgan fingerprint density at radius 3 is 2.76 bits per heavy atom. The van der Waals surface area contributed by atoms with Gasteiger partial charge < -0.3 is 5.32 Å². The van der Waals surface area contributed by atoms with E-state index in [0.29, 0.717) is 10.3 Å². The van der Waals surface area contributed by atoms with Gasteiger partial charge in [0.15, 0.2) is 0 Å². The summed E-state index contributed by atoms with van der Waals surface area (Å²) in [5, 5.41) is 2.22. The maximum Gasteiger partial charge on any atom is 0.401 e. The van der Waals surface area contributed by atoms with Crippen molar-refractivity contribution in [1.82, 2.24) is 14.9 Å². The van der Waals surface area contributed by atoms with Crippen molar-refractivity contribution in [2.45, 2.75) is 19.6 Å². The number of nitrogens with one attached hydrogen (secondary N) is 1. The highest BCUT2D eigenvalue weighted by Crippen LogP contribution is 2.11. The van der Waals surface area contributed by atoms with Crippen LogP contribution in [-0.4, -0.2) is 28.8 Å². The summed E-state index contributed by atoms with van der Waals surface area (Å²) >= 11 is 3.02. The van der Waals surface area contributed by atoms with Gasteiger partial charge in [-0.2, -0.15) is 13.2 Å². The van der Waals surface area contributed by atoms with Crippen molar-refractivity contribution in [3.05, 3.63) is 26.8 Å². The molecule has 0 aromatic carbocycles. The Balaban J connectivity index is 2.59. The van der Waals surface area contributed by atoms with Gasteiger partial charge in [-0.25, -0.2) is 4.98 Å². The fourth-order valence-corrected chi connectivity index (χ4v) is 1.55. The fraction of sp³-hybridized carbons (Fsp3) is 0.556. The summed E-state index contributed by atoms with van der Waals surface area (Å²) in [4.78, 5) is 15.5. The summed E-state index contributed by atoms with van der Waals surface area (Å²) in [5.41, 5.74) is -0.300. The van der Waals surface area contributed by atoms with Gasteiger partial charge in [0.05, 0.1) is 6.54 Å². The van der Waals surface area contributed by atoms with E-state index in [1.165, 1.54) is 10.8 Å². The van der Waals surface area contributed by atoms with Crippen LogP contribution < -0.4 is 10.9 Å². The molecule has 0 unspecified atom stereocenters. The van der Waals surface area contributed by atoms with Crippen molar-refractivity contribution >= 4 is 15.9 Å². The zero-order valence-electron chi connectivity index (χ0n) is 9.01. The average Bonchev–Trinajstić information content (AvgIpc) is 2.21. The van der Waals surface area contributed by atoms with Crippen molar-refractivity contribution in [3.63, 3.8) is 0 Å². The fourth-order valence-electron chi connectivity index (χ4n) is 1.24. The molecule has 4 nitrogen and oxygen atoms in total. The second-order valence-electron chi connectivity index (χ2n) is 3.40. The Hall–Kier alpha value is -0.890. The lowest BCUT2D eigenvalue weighted by molar-refractivity contribution is -0.124. The van der Waals surface area contributed by atoms with Gasteiger partial charge in [-0.3, -0.25) is 9.36 Å². The molecule has 1 aromatic rings. The third-order valence-electron chi connectivity index (χ3n) is 2.04. The maximum absolute atomic E-state index is 11.9.